The lowest BCUT2D eigenvalue weighted by molar-refractivity contribution is 0.667. The van der Waals surface area contributed by atoms with Gasteiger partial charge in [0.05, 0.1) is 17.4 Å². The largest absolute Gasteiger partial charge is 0.390 e. The molecule has 0 amide bonds. The molecule has 0 spiro atoms. The number of para-hydroxylation sites is 1. The smallest absolute Gasteiger partial charge is 0.136 e. The molecule has 8 rings (SSSR count). The van der Waals surface area contributed by atoms with E-state index in [-0.39, 0.29) is 11.3 Å². The quantitative estimate of drug-likeness (QED) is 0.105. The summed E-state index contributed by atoms with van der Waals surface area (Å²) < 4.78 is 3.68. The molecule has 0 bridgehead atoms. The van der Waals surface area contributed by atoms with Gasteiger partial charge >= 0.3 is 0 Å². The molecule has 5 aromatic carbocycles. The van der Waals surface area contributed by atoms with Crippen molar-refractivity contribution in [3.8, 4) is 11.1 Å². The first-order valence-electron chi connectivity index (χ1n) is 16.4. The summed E-state index contributed by atoms with van der Waals surface area (Å²) in [6.45, 7) is 11.0. The maximum Gasteiger partial charge on any atom is 0.136 e. The first kappa shape index (κ1) is 29.9. The molecule has 48 heavy (non-hydrogen) atoms. The molecule has 0 saturated heterocycles. The fourth-order valence-corrected chi connectivity index (χ4v) is 9.25. The van der Waals surface area contributed by atoms with Gasteiger partial charge in [-0.25, -0.2) is 4.99 Å². The summed E-state index contributed by atoms with van der Waals surface area (Å²) in [6.07, 6.45) is 9.83. The number of hydrogen-bond acceptors (Lipinski definition) is 2. The van der Waals surface area contributed by atoms with Crippen LogP contribution in [0.3, 0.4) is 0 Å². The van der Waals surface area contributed by atoms with Gasteiger partial charge < -0.3 is 5.73 Å². The Balaban J connectivity index is 1.59. The zero-order chi connectivity index (χ0) is 33.0. The number of nitrogens with two attached hydrogens (primary N) is 1. The maximum absolute atomic E-state index is 6.21. The second-order valence-electron chi connectivity index (χ2n) is 13.0. The van der Waals surface area contributed by atoms with Gasteiger partial charge in [-0.15, -0.1) is 11.3 Å². The highest BCUT2D eigenvalue weighted by Crippen LogP contribution is 2.58. The van der Waals surface area contributed by atoms with E-state index in [1.807, 2.05) is 17.4 Å². The van der Waals surface area contributed by atoms with Gasteiger partial charge in [-0.05, 0) is 58.0 Å². The second-order valence-corrected chi connectivity index (χ2v) is 14.2. The van der Waals surface area contributed by atoms with Crippen molar-refractivity contribution in [3.05, 3.63) is 167 Å². The molecule has 1 aliphatic carbocycles. The summed E-state index contributed by atoms with van der Waals surface area (Å²) in [5.41, 5.74) is 17.3. The van der Waals surface area contributed by atoms with Gasteiger partial charge in [0.15, 0.2) is 0 Å². The summed E-state index contributed by atoms with van der Waals surface area (Å²) in [7, 11) is 0. The standard InChI is InChI=1S/C44H37N3S/c1-5-6-21-31-28(2)48-43-40(31)42-39(38-32-22-13-15-24-35(32)44(3,4)41(38)43)33-23-14-16-25-36(33)47(42)37(46-27-45)26-34(29-17-9-7-10-18-29)30-19-11-8-12-20-30/h5-27,34H,1H2,2-4H3,(H2,45,46)/b21-6-,37-26+. The molecular formula is C44H37N3S. The zero-order valence-electron chi connectivity index (χ0n) is 27.4. The van der Waals surface area contributed by atoms with Gasteiger partial charge in [0, 0.05) is 37.1 Å². The van der Waals surface area contributed by atoms with Crippen LogP contribution in [0.5, 0.6) is 0 Å². The highest BCUT2D eigenvalue weighted by molar-refractivity contribution is 7.19. The minimum Gasteiger partial charge on any atom is -0.390 e. The number of hydrogen-bond donors (Lipinski definition) is 1. The average molecular weight is 640 g/mol. The van der Waals surface area contributed by atoms with Gasteiger partial charge in [0.2, 0.25) is 0 Å². The molecule has 0 atom stereocenters. The number of allylic oxidation sites excluding steroid dienone is 3. The first-order valence-corrected chi connectivity index (χ1v) is 17.2. The van der Waals surface area contributed by atoms with Gasteiger partial charge in [-0.3, -0.25) is 4.57 Å². The lowest BCUT2D eigenvalue weighted by atomic mass is 9.81. The first-order chi connectivity index (χ1) is 23.5. The van der Waals surface area contributed by atoms with Crippen molar-refractivity contribution in [1.82, 2.24) is 4.57 Å². The normalized spacial score (nSPS) is 14.2. The third-order valence-electron chi connectivity index (χ3n) is 9.93. The van der Waals surface area contributed by atoms with Crippen molar-refractivity contribution in [2.24, 2.45) is 10.7 Å². The van der Waals surface area contributed by atoms with Crippen molar-refractivity contribution in [1.29, 1.82) is 0 Å². The van der Waals surface area contributed by atoms with E-state index >= 15 is 0 Å². The highest BCUT2D eigenvalue weighted by atomic mass is 32.1. The molecule has 1 aliphatic rings. The fraction of sp³-hybridized carbons (Fsp3) is 0.114. The van der Waals surface area contributed by atoms with Crippen molar-refractivity contribution in [2.45, 2.75) is 32.1 Å². The molecule has 0 saturated carbocycles. The van der Waals surface area contributed by atoms with Crippen LogP contribution < -0.4 is 5.73 Å². The molecule has 0 unspecified atom stereocenters. The van der Waals surface area contributed by atoms with Crippen LogP contribution in [-0.4, -0.2) is 10.9 Å². The van der Waals surface area contributed by atoms with E-state index in [1.54, 1.807) is 0 Å². The maximum atomic E-state index is 6.21. The number of aromatic nitrogens is 1. The molecule has 7 aromatic rings. The summed E-state index contributed by atoms with van der Waals surface area (Å²) in [5, 5.41) is 3.71. The Morgan fingerprint density at radius 3 is 2.19 bits per heavy atom. The Morgan fingerprint density at radius 1 is 0.854 bits per heavy atom. The molecule has 2 aromatic heterocycles. The lowest BCUT2D eigenvalue weighted by Gasteiger charge is -2.23. The van der Waals surface area contributed by atoms with E-state index in [9.17, 15) is 0 Å². The minimum atomic E-state index is -0.169. The lowest BCUT2D eigenvalue weighted by Crippen LogP contribution is -2.15. The van der Waals surface area contributed by atoms with Crippen LogP contribution in [0.1, 0.15) is 52.5 Å². The van der Waals surface area contributed by atoms with Gasteiger partial charge in [-0.2, -0.15) is 0 Å². The Labute approximate surface area is 285 Å². The molecular weight excluding hydrogens is 603 g/mol. The van der Waals surface area contributed by atoms with Crippen molar-refractivity contribution >= 4 is 61.5 Å². The van der Waals surface area contributed by atoms with E-state index < -0.39 is 0 Å². The van der Waals surface area contributed by atoms with Crippen LogP contribution in [0.25, 0.3) is 54.9 Å². The van der Waals surface area contributed by atoms with Crippen molar-refractivity contribution in [3.63, 3.8) is 0 Å². The third-order valence-corrected chi connectivity index (χ3v) is 11.1. The molecule has 234 valence electrons. The summed E-state index contributed by atoms with van der Waals surface area (Å²) >= 11 is 1.89. The molecule has 0 radical (unpaired) electrons. The Morgan fingerprint density at radius 2 is 1.50 bits per heavy atom. The molecule has 4 heteroatoms. The number of thiophene rings is 1. The molecule has 0 fully saturated rings. The minimum absolute atomic E-state index is 0.0452. The number of aryl methyl sites for hydroxylation is 1. The third kappa shape index (κ3) is 4.44. The monoisotopic (exact) mass is 639 g/mol. The van der Waals surface area contributed by atoms with Crippen molar-refractivity contribution < 1.29 is 0 Å². The summed E-state index contributed by atoms with van der Waals surface area (Å²) in [6, 6.07) is 39.0. The van der Waals surface area contributed by atoms with Gasteiger partial charge in [0.25, 0.3) is 0 Å². The fourth-order valence-electron chi connectivity index (χ4n) is 7.89. The van der Waals surface area contributed by atoms with E-state index in [4.69, 9.17) is 10.7 Å². The second kappa shape index (κ2) is 11.7. The topological polar surface area (TPSA) is 43.3 Å². The van der Waals surface area contributed by atoms with Crippen LogP contribution >= 0.6 is 11.3 Å². The zero-order valence-corrected chi connectivity index (χ0v) is 28.3. The van der Waals surface area contributed by atoms with Crippen LogP contribution in [0.2, 0.25) is 0 Å². The molecule has 3 nitrogen and oxygen atoms in total. The SMILES string of the molecule is C=C/C=C\c1c(C)sc2c3c(c4c5ccccc5n(C(=C/C(c5ccccc5)c5ccccc5)/N=C\N)c4c12)-c1ccccc1C3(C)C. The van der Waals surface area contributed by atoms with Gasteiger partial charge in [0.1, 0.15) is 5.82 Å². The van der Waals surface area contributed by atoms with E-state index in [0.29, 0.717) is 0 Å². The van der Waals surface area contributed by atoms with Crippen LogP contribution in [0.4, 0.5) is 0 Å². The molecule has 2 heterocycles. The predicted octanol–water partition coefficient (Wildman–Crippen LogP) is 11.4. The van der Waals surface area contributed by atoms with Gasteiger partial charge in [-0.1, -0.05) is 142 Å². The van der Waals surface area contributed by atoms with Crippen LogP contribution in [0.15, 0.2) is 139 Å². The number of benzene rings is 5. The summed E-state index contributed by atoms with van der Waals surface area (Å²) in [5.74, 6) is 0.743. The number of aliphatic imine (C=N–C) groups is 1. The number of nitrogens with zero attached hydrogens (tertiary/aromatic N) is 2. The Hall–Kier alpha value is -5.45. The Kier molecular flexibility index (Phi) is 7.27. The van der Waals surface area contributed by atoms with E-state index in [2.05, 4.69) is 159 Å². The summed E-state index contributed by atoms with van der Waals surface area (Å²) in [4.78, 5) is 6.25. The van der Waals surface area contributed by atoms with E-state index in [0.717, 1.165) is 16.9 Å². The average Bonchev–Trinajstić information content (AvgIpc) is 3.71. The highest BCUT2D eigenvalue weighted by Gasteiger charge is 2.41. The number of fused-ring (bicyclic) bond motifs is 10. The number of rotatable bonds is 7. The Bertz CT molecular complexity index is 2410. The van der Waals surface area contributed by atoms with E-state index in [1.165, 1.54) is 71.0 Å². The predicted molar refractivity (Wildman–Crippen MR) is 208 cm³/mol. The van der Waals surface area contributed by atoms with Crippen LogP contribution in [0, 0.1) is 6.92 Å². The van der Waals surface area contributed by atoms with Crippen LogP contribution in [-0.2, 0) is 5.41 Å². The molecule has 0 aliphatic heterocycles. The molecule has 2 N–H and O–H groups in total. The van der Waals surface area contributed by atoms with Crippen molar-refractivity contribution in [2.75, 3.05) is 0 Å².